The van der Waals surface area contributed by atoms with Crippen molar-refractivity contribution in [2.45, 2.75) is 6.61 Å². The van der Waals surface area contributed by atoms with Crippen molar-refractivity contribution in [1.82, 2.24) is 0 Å². The van der Waals surface area contributed by atoms with Crippen molar-refractivity contribution in [3.8, 4) is 11.5 Å². The number of oxime groups is 1. The molecule has 0 bridgehead atoms. The molecule has 0 saturated heterocycles. The van der Waals surface area contributed by atoms with Gasteiger partial charge in [-0.25, -0.2) is 0 Å². The second-order valence-corrected chi connectivity index (χ2v) is 4.65. The first-order chi connectivity index (χ1) is 10.2. The fraction of sp³-hybridized carbons (Fsp3) is 0.133. The SMILES string of the molecule is COc1ccc(COc2ccccc2Cl)cc1C(N)=NO. The van der Waals surface area contributed by atoms with Crippen LogP contribution >= 0.6 is 11.6 Å². The van der Waals surface area contributed by atoms with E-state index in [0.717, 1.165) is 5.56 Å². The maximum Gasteiger partial charge on any atom is 0.173 e. The summed E-state index contributed by atoms with van der Waals surface area (Å²) in [7, 11) is 1.52. The van der Waals surface area contributed by atoms with E-state index in [2.05, 4.69) is 5.16 Å². The van der Waals surface area contributed by atoms with Crippen molar-refractivity contribution < 1.29 is 14.7 Å². The highest BCUT2D eigenvalue weighted by Crippen LogP contribution is 2.25. The largest absolute Gasteiger partial charge is 0.496 e. The van der Waals surface area contributed by atoms with E-state index in [4.69, 9.17) is 32.0 Å². The van der Waals surface area contributed by atoms with Crippen LogP contribution in [0.2, 0.25) is 5.02 Å². The van der Waals surface area contributed by atoms with E-state index < -0.39 is 0 Å². The molecule has 2 aromatic carbocycles. The summed E-state index contributed by atoms with van der Waals surface area (Å²) in [6.45, 7) is 0.305. The minimum atomic E-state index is -0.0218. The summed E-state index contributed by atoms with van der Waals surface area (Å²) >= 11 is 6.03. The highest BCUT2D eigenvalue weighted by molar-refractivity contribution is 6.32. The van der Waals surface area contributed by atoms with Crippen molar-refractivity contribution in [1.29, 1.82) is 0 Å². The van der Waals surface area contributed by atoms with Crippen LogP contribution in [0.3, 0.4) is 0 Å². The van der Waals surface area contributed by atoms with Gasteiger partial charge in [-0.05, 0) is 29.8 Å². The predicted molar refractivity (Wildman–Crippen MR) is 81.3 cm³/mol. The number of benzene rings is 2. The fourth-order valence-electron chi connectivity index (χ4n) is 1.82. The zero-order valence-corrected chi connectivity index (χ0v) is 12.2. The number of para-hydroxylation sites is 1. The Morgan fingerprint density at radius 2 is 2.00 bits per heavy atom. The number of nitrogens with two attached hydrogens (primary N) is 1. The molecular formula is C15H15ClN2O3. The monoisotopic (exact) mass is 306 g/mol. The first kappa shape index (κ1) is 15.0. The lowest BCUT2D eigenvalue weighted by Crippen LogP contribution is -2.15. The summed E-state index contributed by atoms with van der Waals surface area (Å²) in [6, 6.07) is 12.5. The third-order valence-corrected chi connectivity index (χ3v) is 3.19. The van der Waals surface area contributed by atoms with E-state index in [1.165, 1.54) is 7.11 Å². The molecule has 0 atom stereocenters. The number of rotatable bonds is 5. The van der Waals surface area contributed by atoms with Crippen molar-refractivity contribution >= 4 is 17.4 Å². The molecule has 2 aromatic rings. The molecule has 110 valence electrons. The van der Waals surface area contributed by atoms with Gasteiger partial charge in [-0.1, -0.05) is 35.0 Å². The van der Waals surface area contributed by atoms with Gasteiger partial charge in [-0.2, -0.15) is 0 Å². The Morgan fingerprint density at radius 3 is 2.67 bits per heavy atom. The van der Waals surface area contributed by atoms with Gasteiger partial charge >= 0.3 is 0 Å². The van der Waals surface area contributed by atoms with E-state index in [1.807, 2.05) is 18.2 Å². The maximum atomic E-state index is 8.80. The summed E-state index contributed by atoms with van der Waals surface area (Å²) in [5.74, 6) is 1.10. The van der Waals surface area contributed by atoms with Crippen molar-refractivity contribution in [3.05, 3.63) is 58.6 Å². The Morgan fingerprint density at radius 1 is 1.24 bits per heavy atom. The van der Waals surface area contributed by atoms with Crippen LogP contribution in [-0.4, -0.2) is 18.2 Å². The molecule has 0 saturated carbocycles. The van der Waals surface area contributed by atoms with E-state index >= 15 is 0 Å². The summed E-state index contributed by atoms with van der Waals surface area (Å²) in [5, 5.41) is 12.3. The molecule has 0 aliphatic heterocycles. The minimum Gasteiger partial charge on any atom is -0.496 e. The van der Waals surface area contributed by atoms with Crippen LogP contribution in [-0.2, 0) is 6.61 Å². The molecule has 0 amide bonds. The van der Waals surface area contributed by atoms with Crippen molar-refractivity contribution in [3.63, 3.8) is 0 Å². The quantitative estimate of drug-likeness (QED) is 0.385. The third kappa shape index (κ3) is 3.58. The topological polar surface area (TPSA) is 77.1 Å². The highest BCUT2D eigenvalue weighted by atomic mass is 35.5. The minimum absolute atomic E-state index is 0.0218. The average molecular weight is 307 g/mol. The molecule has 21 heavy (non-hydrogen) atoms. The van der Waals surface area contributed by atoms with E-state index in [0.29, 0.717) is 28.7 Å². The Balaban J connectivity index is 2.20. The zero-order valence-electron chi connectivity index (χ0n) is 11.4. The average Bonchev–Trinajstić information content (AvgIpc) is 2.53. The molecule has 2 rings (SSSR count). The molecule has 0 aliphatic rings. The summed E-state index contributed by atoms with van der Waals surface area (Å²) < 4.78 is 10.8. The van der Waals surface area contributed by atoms with Crippen LogP contribution < -0.4 is 15.2 Å². The molecule has 0 fully saturated rings. The second kappa shape index (κ2) is 6.85. The van der Waals surface area contributed by atoms with Crippen molar-refractivity contribution in [2.24, 2.45) is 10.9 Å². The van der Waals surface area contributed by atoms with Gasteiger partial charge in [0.05, 0.1) is 17.7 Å². The lowest BCUT2D eigenvalue weighted by atomic mass is 10.1. The van der Waals surface area contributed by atoms with E-state index in [1.54, 1.807) is 24.3 Å². The summed E-state index contributed by atoms with van der Waals surface area (Å²) in [6.07, 6.45) is 0. The number of hydrogen-bond acceptors (Lipinski definition) is 4. The predicted octanol–water partition coefficient (Wildman–Crippen LogP) is 3.02. The standard InChI is InChI=1S/C15H15ClN2O3/c1-20-13-7-6-10(8-11(13)15(17)18-19)9-21-14-5-3-2-4-12(14)16/h2-8,19H,9H2,1H3,(H2,17,18). The van der Waals surface area contributed by atoms with Crippen molar-refractivity contribution in [2.75, 3.05) is 7.11 Å². The van der Waals surface area contributed by atoms with E-state index in [9.17, 15) is 0 Å². The van der Waals surface area contributed by atoms with Gasteiger partial charge in [0.2, 0.25) is 0 Å². The first-order valence-corrected chi connectivity index (χ1v) is 6.55. The summed E-state index contributed by atoms with van der Waals surface area (Å²) in [4.78, 5) is 0. The van der Waals surface area contributed by atoms with Crippen LogP contribution in [0.15, 0.2) is 47.6 Å². The van der Waals surface area contributed by atoms with Crippen LogP contribution in [0.1, 0.15) is 11.1 Å². The van der Waals surface area contributed by atoms with Crippen LogP contribution in [0, 0.1) is 0 Å². The molecule has 6 heteroatoms. The molecule has 0 radical (unpaired) electrons. The normalized spacial score (nSPS) is 11.2. The Kier molecular flexibility index (Phi) is 4.90. The molecule has 0 aromatic heterocycles. The van der Waals surface area contributed by atoms with Crippen LogP contribution in [0.5, 0.6) is 11.5 Å². The van der Waals surface area contributed by atoms with Gasteiger partial charge in [-0.15, -0.1) is 0 Å². The molecule has 5 nitrogen and oxygen atoms in total. The Labute approximate surface area is 127 Å². The number of hydrogen-bond donors (Lipinski definition) is 2. The number of halogens is 1. The maximum absolute atomic E-state index is 8.80. The lowest BCUT2D eigenvalue weighted by Gasteiger charge is -2.11. The zero-order chi connectivity index (χ0) is 15.2. The fourth-order valence-corrected chi connectivity index (χ4v) is 2.01. The number of amidine groups is 1. The lowest BCUT2D eigenvalue weighted by molar-refractivity contribution is 0.306. The smallest absolute Gasteiger partial charge is 0.173 e. The van der Waals surface area contributed by atoms with Gasteiger partial charge in [0.25, 0.3) is 0 Å². The molecule has 0 heterocycles. The van der Waals surface area contributed by atoms with Gasteiger partial charge in [0.15, 0.2) is 5.84 Å². The van der Waals surface area contributed by atoms with Crippen LogP contribution in [0.4, 0.5) is 0 Å². The van der Waals surface area contributed by atoms with Gasteiger partial charge in [-0.3, -0.25) is 0 Å². The third-order valence-electron chi connectivity index (χ3n) is 2.88. The number of nitrogens with zero attached hydrogens (tertiary/aromatic N) is 1. The molecule has 0 unspecified atom stereocenters. The Hall–Kier alpha value is -2.40. The van der Waals surface area contributed by atoms with Crippen LogP contribution in [0.25, 0.3) is 0 Å². The first-order valence-electron chi connectivity index (χ1n) is 6.18. The van der Waals surface area contributed by atoms with Gasteiger partial charge in [0, 0.05) is 0 Å². The highest BCUT2D eigenvalue weighted by Gasteiger charge is 2.09. The van der Waals surface area contributed by atoms with Gasteiger partial charge in [0.1, 0.15) is 18.1 Å². The number of methoxy groups -OCH3 is 1. The van der Waals surface area contributed by atoms with E-state index in [-0.39, 0.29) is 5.84 Å². The number of ether oxygens (including phenoxy) is 2. The summed E-state index contributed by atoms with van der Waals surface area (Å²) in [5.41, 5.74) is 6.97. The Bertz CT molecular complexity index is 659. The van der Waals surface area contributed by atoms with Gasteiger partial charge < -0.3 is 20.4 Å². The molecule has 0 spiro atoms. The molecule has 3 N–H and O–H groups in total. The molecule has 0 aliphatic carbocycles. The molecular weight excluding hydrogens is 292 g/mol. The second-order valence-electron chi connectivity index (χ2n) is 4.24.